The molecule has 0 amide bonds. The first-order chi connectivity index (χ1) is 9.65. The zero-order valence-electron chi connectivity index (χ0n) is 10.8. The molecular formula is C13H12BrF4NO2. The van der Waals surface area contributed by atoms with Gasteiger partial charge in [-0.2, -0.15) is 17.6 Å². The van der Waals surface area contributed by atoms with Gasteiger partial charge < -0.3 is 15.2 Å². The maximum Gasteiger partial charge on any atom is 0.507 e. The molecule has 1 aliphatic carbocycles. The fraction of sp³-hybridized carbons (Fsp3) is 0.538. The molecule has 0 bridgehead atoms. The highest BCUT2D eigenvalue weighted by Gasteiger charge is 2.66. The van der Waals surface area contributed by atoms with Crippen molar-refractivity contribution in [3.05, 3.63) is 22.2 Å². The highest BCUT2D eigenvalue weighted by atomic mass is 79.9. The molecule has 21 heavy (non-hydrogen) atoms. The van der Waals surface area contributed by atoms with Crippen LogP contribution >= 0.6 is 15.9 Å². The van der Waals surface area contributed by atoms with Crippen LogP contribution in [-0.4, -0.2) is 12.2 Å². The Morgan fingerprint density at radius 2 is 1.43 bits per heavy atom. The van der Waals surface area contributed by atoms with Gasteiger partial charge in [0.15, 0.2) is 11.5 Å². The molecule has 116 valence electrons. The second kappa shape index (κ2) is 4.49. The summed E-state index contributed by atoms with van der Waals surface area (Å²) in [6.07, 6.45) is -6.20. The minimum atomic E-state index is -4.72. The fourth-order valence-corrected chi connectivity index (χ4v) is 3.46. The Bertz CT molecular complexity index is 588. The van der Waals surface area contributed by atoms with Gasteiger partial charge in [-0.3, -0.25) is 0 Å². The zero-order chi connectivity index (χ0) is 15.5. The van der Waals surface area contributed by atoms with E-state index in [1.165, 1.54) is 12.1 Å². The van der Waals surface area contributed by atoms with Gasteiger partial charge in [-0.1, -0.05) is 28.8 Å². The Morgan fingerprint density at radius 1 is 0.952 bits per heavy atom. The van der Waals surface area contributed by atoms with Gasteiger partial charge in [-0.15, -0.1) is 0 Å². The van der Waals surface area contributed by atoms with Crippen molar-refractivity contribution in [1.82, 2.24) is 0 Å². The number of halogens is 5. The fourth-order valence-electron chi connectivity index (χ4n) is 2.75. The summed E-state index contributed by atoms with van der Waals surface area (Å²) in [5, 5.41) is 0. The van der Waals surface area contributed by atoms with Gasteiger partial charge in [0.1, 0.15) is 0 Å². The lowest BCUT2D eigenvalue weighted by Gasteiger charge is -2.34. The Kier molecular flexibility index (Phi) is 3.18. The van der Waals surface area contributed by atoms with E-state index in [9.17, 15) is 17.6 Å². The van der Waals surface area contributed by atoms with Crippen LogP contribution < -0.4 is 15.2 Å². The minimum absolute atomic E-state index is 0.430. The van der Waals surface area contributed by atoms with Crippen LogP contribution in [0.25, 0.3) is 0 Å². The molecule has 2 aliphatic rings. The smallest absolute Gasteiger partial charge is 0.421 e. The monoisotopic (exact) mass is 369 g/mol. The van der Waals surface area contributed by atoms with Crippen LogP contribution in [0, 0.1) is 0 Å². The molecule has 0 unspecified atom stereocenters. The Balaban J connectivity index is 2.06. The number of ether oxygens (including phenoxy) is 2. The molecule has 1 fully saturated rings. The van der Waals surface area contributed by atoms with Gasteiger partial charge in [0.05, 0.1) is 0 Å². The number of hydrogen-bond donors (Lipinski definition) is 1. The van der Waals surface area contributed by atoms with Crippen molar-refractivity contribution in [2.45, 2.75) is 43.4 Å². The maximum atomic E-state index is 13.2. The molecule has 1 aliphatic heterocycles. The number of hydrogen-bond acceptors (Lipinski definition) is 3. The summed E-state index contributed by atoms with van der Waals surface area (Å²) in [5.74, 6) is -0.871. The van der Waals surface area contributed by atoms with Gasteiger partial charge in [0.25, 0.3) is 0 Å². The third kappa shape index (κ3) is 2.28. The van der Waals surface area contributed by atoms with Gasteiger partial charge in [0.2, 0.25) is 0 Å². The normalized spacial score (nSPS) is 24.9. The molecule has 0 atom stereocenters. The van der Waals surface area contributed by atoms with Crippen LogP contribution in [0.1, 0.15) is 31.2 Å². The van der Waals surface area contributed by atoms with Gasteiger partial charge in [-0.05, 0) is 30.5 Å². The van der Waals surface area contributed by atoms with Crippen molar-refractivity contribution in [2.75, 3.05) is 0 Å². The topological polar surface area (TPSA) is 44.5 Å². The predicted molar refractivity (Wildman–Crippen MR) is 69.6 cm³/mol. The summed E-state index contributed by atoms with van der Waals surface area (Å²) in [4.78, 5) is 0. The van der Waals surface area contributed by atoms with E-state index in [2.05, 4.69) is 25.4 Å². The Labute approximate surface area is 126 Å². The molecule has 0 radical (unpaired) electrons. The molecule has 1 aromatic rings. The second-order valence-electron chi connectivity index (χ2n) is 5.38. The minimum Gasteiger partial charge on any atom is -0.421 e. The number of alkyl halides is 4. The molecule has 1 saturated carbocycles. The van der Waals surface area contributed by atoms with E-state index in [0.29, 0.717) is 22.9 Å². The zero-order valence-corrected chi connectivity index (χ0v) is 12.4. The highest BCUT2D eigenvalue weighted by Crippen LogP contribution is 2.50. The van der Waals surface area contributed by atoms with Crippen molar-refractivity contribution >= 4 is 15.9 Å². The number of rotatable bonds is 1. The molecule has 0 spiro atoms. The van der Waals surface area contributed by atoms with E-state index in [0.717, 1.165) is 12.8 Å². The maximum absolute atomic E-state index is 13.2. The molecule has 1 aromatic carbocycles. The van der Waals surface area contributed by atoms with Crippen molar-refractivity contribution in [1.29, 1.82) is 0 Å². The van der Waals surface area contributed by atoms with Crippen LogP contribution in [-0.2, 0) is 5.54 Å². The van der Waals surface area contributed by atoms with E-state index < -0.39 is 29.3 Å². The summed E-state index contributed by atoms with van der Waals surface area (Å²) in [6, 6.07) is 2.45. The lowest BCUT2D eigenvalue weighted by molar-refractivity contribution is -0.391. The molecule has 1 heterocycles. The van der Waals surface area contributed by atoms with Crippen molar-refractivity contribution in [2.24, 2.45) is 5.73 Å². The van der Waals surface area contributed by atoms with E-state index in [1.807, 2.05) is 0 Å². The standard InChI is InChI=1S/C13H12BrF4NO2/c14-8-6-10-9(20-12(15,16)13(17,18)21-10)5-7(8)11(19)3-1-2-4-11/h5-6H,1-4,19H2. The number of benzene rings is 1. The molecule has 2 N–H and O–H groups in total. The lowest BCUT2D eigenvalue weighted by Crippen LogP contribution is -2.52. The lowest BCUT2D eigenvalue weighted by atomic mass is 9.89. The summed E-state index contributed by atoms with van der Waals surface area (Å²) in [5.41, 5.74) is 6.16. The molecule has 3 nitrogen and oxygen atoms in total. The van der Waals surface area contributed by atoms with Gasteiger partial charge in [0, 0.05) is 10.0 Å². The van der Waals surface area contributed by atoms with Gasteiger partial charge in [-0.25, -0.2) is 0 Å². The first kappa shape index (κ1) is 14.9. The van der Waals surface area contributed by atoms with Crippen LogP contribution in [0.3, 0.4) is 0 Å². The summed E-state index contributed by atoms with van der Waals surface area (Å²) >= 11 is 3.24. The molecule has 0 saturated heterocycles. The summed E-state index contributed by atoms with van der Waals surface area (Å²) in [6.45, 7) is 0. The van der Waals surface area contributed by atoms with Gasteiger partial charge >= 0.3 is 12.2 Å². The van der Waals surface area contributed by atoms with Crippen LogP contribution in [0.5, 0.6) is 11.5 Å². The van der Waals surface area contributed by atoms with Crippen molar-refractivity contribution < 1.29 is 27.0 Å². The highest BCUT2D eigenvalue weighted by molar-refractivity contribution is 9.10. The first-order valence-corrected chi connectivity index (χ1v) is 7.20. The third-order valence-electron chi connectivity index (χ3n) is 3.88. The quantitative estimate of drug-likeness (QED) is 0.756. The van der Waals surface area contributed by atoms with E-state index in [1.54, 1.807) is 0 Å². The average Bonchev–Trinajstić information content (AvgIpc) is 2.78. The molecule has 0 aromatic heterocycles. The average molecular weight is 370 g/mol. The van der Waals surface area contributed by atoms with Crippen molar-refractivity contribution in [3.8, 4) is 11.5 Å². The van der Waals surface area contributed by atoms with E-state index in [4.69, 9.17) is 5.73 Å². The molecule has 3 rings (SSSR count). The largest absolute Gasteiger partial charge is 0.507 e. The Morgan fingerprint density at radius 3 is 1.95 bits per heavy atom. The van der Waals surface area contributed by atoms with Crippen LogP contribution in [0.15, 0.2) is 16.6 Å². The summed E-state index contributed by atoms with van der Waals surface area (Å²) < 4.78 is 61.4. The number of nitrogens with two attached hydrogens (primary N) is 1. The third-order valence-corrected chi connectivity index (χ3v) is 4.54. The Hall–Kier alpha value is -1.02. The first-order valence-electron chi connectivity index (χ1n) is 6.41. The summed E-state index contributed by atoms with van der Waals surface area (Å²) in [7, 11) is 0. The second-order valence-corrected chi connectivity index (χ2v) is 6.23. The molecule has 8 heteroatoms. The van der Waals surface area contributed by atoms with Crippen LogP contribution in [0.4, 0.5) is 17.6 Å². The predicted octanol–water partition coefficient (Wildman–Crippen LogP) is 4.13. The SMILES string of the molecule is NC1(c2cc3c(cc2Br)OC(F)(F)C(F)(F)O3)CCCC1. The van der Waals surface area contributed by atoms with Crippen LogP contribution in [0.2, 0.25) is 0 Å². The molecular weight excluding hydrogens is 358 g/mol. The number of fused-ring (bicyclic) bond motifs is 1. The van der Waals surface area contributed by atoms with E-state index >= 15 is 0 Å². The van der Waals surface area contributed by atoms with E-state index in [-0.39, 0.29) is 0 Å². The van der Waals surface area contributed by atoms with Crippen molar-refractivity contribution in [3.63, 3.8) is 0 Å².